The molecule has 3 atom stereocenters. The number of nitrogens with zero attached hydrogens (tertiary/aromatic N) is 4. The summed E-state index contributed by atoms with van der Waals surface area (Å²) in [5, 5.41) is 12.7. The lowest BCUT2D eigenvalue weighted by Gasteiger charge is -2.26. The largest absolute Gasteiger partial charge is 0.481 e. The first-order chi connectivity index (χ1) is 24.1. The van der Waals surface area contributed by atoms with Crippen molar-refractivity contribution in [2.75, 3.05) is 19.6 Å². The first-order valence-corrected chi connectivity index (χ1v) is 17.2. The number of nitrogens with one attached hydrogen (secondary N) is 1. The number of carboxylic acid groups (broad SMARTS) is 1. The van der Waals surface area contributed by atoms with Crippen molar-refractivity contribution in [2.45, 2.75) is 90.7 Å². The highest BCUT2D eigenvalue weighted by Crippen LogP contribution is 2.34. The fourth-order valence-corrected chi connectivity index (χ4v) is 6.53. The molecule has 4 heterocycles. The molecule has 5 rings (SSSR count). The van der Waals surface area contributed by atoms with Gasteiger partial charge in [0, 0.05) is 50.2 Å². The normalized spacial score (nSPS) is 17.5. The predicted molar refractivity (Wildman–Crippen MR) is 184 cm³/mol. The number of amides is 1. The van der Waals surface area contributed by atoms with Gasteiger partial charge in [0.05, 0.1) is 23.7 Å². The Labute approximate surface area is 294 Å². The number of likely N-dealkylation sites (tertiary alicyclic amines) is 1. The second kappa shape index (κ2) is 15.8. The van der Waals surface area contributed by atoms with Crippen LogP contribution in [-0.4, -0.2) is 62.2 Å². The van der Waals surface area contributed by atoms with Crippen LogP contribution in [0.25, 0.3) is 11.1 Å². The molecule has 1 amide bonds. The number of alkyl halides is 4. The van der Waals surface area contributed by atoms with Gasteiger partial charge < -0.3 is 19.9 Å². The second-order valence-electron chi connectivity index (χ2n) is 14.1. The number of carbonyl (C=O) groups excluding carboxylic acids is 1. The highest BCUT2D eigenvalue weighted by molar-refractivity contribution is 5.82. The molecule has 0 radical (unpaired) electrons. The molecule has 1 saturated heterocycles. The average molecular weight is 710 g/mol. The van der Waals surface area contributed by atoms with Crippen molar-refractivity contribution in [3.05, 3.63) is 80.8 Å². The van der Waals surface area contributed by atoms with Crippen molar-refractivity contribution in [1.82, 2.24) is 24.8 Å². The van der Waals surface area contributed by atoms with E-state index in [-0.39, 0.29) is 49.0 Å². The fourth-order valence-electron chi connectivity index (χ4n) is 6.53. The van der Waals surface area contributed by atoms with E-state index in [4.69, 9.17) is 0 Å². The molecule has 3 aromatic heterocycles. The zero-order valence-electron chi connectivity index (χ0n) is 29.2. The molecule has 0 aromatic carbocycles. The summed E-state index contributed by atoms with van der Waals surface area (Å²) in [6, 6.07) is 1.59. The smallest absolute Gasteiger partial charge is 0.416 e. The Morgan fingerprint density at radius 3 is 2.39 bits per heavy atom. The Kier molecular flexibility index (Phi) is 11.6. The zero-order valence-corrected chi connectivity index (χ0v) is 29.2. The van der Waals surface area contributed by atoms with Crippen molar-refractivity contribution in [3.63, 3.8) is 0 Å². The molecular formula is C38H43F4N5O4. The Morgan fingerprint density at radius 1 is 1.10 bits per heavy atom. The van der Waals surface area contributed by atoms with Crippen LogP contribution in [0.4, 0.5) is 17.6 Å². The van der Waals surface area contributed by atoms with Crippen LogP contribution in [0, 0.1) is 37.5 Å². The van der Waals surface area contributed by atoms with E-state index in [0.29, 0.717) is 30.3 Å². The van der Waals surface area contributed by atoms with Gasteiger partial charge in [0.25, 0.3) is 5.56 Å². The molecule has 1 saturated carbocycles. The molecule has 0 spiro atoms. The van der Waals surface area contributed by atoms with E-state index in [2.05, 4.69) is 27.1 Å². The molecule has 2 N–H and O–H groups in total. The predicted octanol–water partition coefficient (Wildman–Crippen LogP) is 6.21. The fraction of sp³-hybridized carbons (Fsp3) is 0.500. The van der Waals surface area contributed by atoms with Gasteiger partial charge in [-0.2, -0.15) is 13.2 Å². The van der Waals surface area contributed by atoms with E-state index in [9.17, 15) is 37.1 Å². The van der Waals surface area contributed by atoms with Crippen LogP contribution in [0.1, 0.15) is 91.7 Å². The number of carbonyl (C=O) groups is 2. The molecule has 0 unspecified atom stereocenters. The number of pyridine rings is 3. The Hall–Kier alpha value is -4.57. The monoisotopic (exact) mass is 709 g/mol. The number of aromatic nitrogens is 3. The van der Waals surface area contributed by atoms with Crippen LogP contribution in [0.5, 0.6) is 0 Å². The number of hydrogen-bond acceptors (Lipinski definition) is 6. The zero-order chi connectivity index (χ0) is 37.0. The maximum Gasteiger partial charge on any atom is 0.416 e. The van der Waals surface area contributed by atoms with Crippen LogP contribution < -0.4 is 10.9 Å². The van der Waals surface area contributed by atoms with E-state index in [1.54, 1.807) is 37.2 Å². The maximum absolute atomic E-state index is 14.2. The first-order valence-electron chi connectivity index (χ1n) is 17.2. The van der Waals surface area contributed by atoms with Gasteiger partial charge >= 0.3 is 12.1 Å². The van der Waals surface area contributed by atoms with Crippen LogP contribution >= 0.6 is 0 Å². The minimum absolute atomic E-state index is 0.0764. The van der Waals surface area contributed by atoms with Crippen LogP contribution in [0.15, 0.2) is 41.6 Å². The lowest BCUT2D eigenvalue weighted by atomic mass is 9.95. The third kappa shape index (κ3) is 9.82. The van der Waals surface area contributed by atoms with Gasteiger partial charge in [-0.15, -0.1) is 0 Å². The minimum atomic E-state index is -4.83. The Morgan fingerprint density at radius 2 is 1.80 bits per heavy atom. The molecule has 2 aliphatic rings. The second-order valence-corrected chi connectivity index (χ2v) is 14.1. The third-order valence-electron chi connectivity index (χ3n) is 9.21. The summed E-state index contributed by atoms with van der Waals surface area (Å²) in [5.41, 5.74) is 1.63. The maximum atomic E-state index is 14.2. The summed E-state index contributed by atoms with van der Waals surface area (Å²) in [4.78, 5) is 50.3. The van der Waals surface area contributed by atoms with Crippen LogP contribution in [-0.2, 0) is 22.2 Å². The molecule has 2 fully saturated rings. The van der Waals surface area contributed by atoms with Crippen LogP contribution in [0.2, 0.25) is 0 Å². The van der Waals surface area contributed by atoms with Gasteiger partial charge in [-0.25, -0.2) is 9.37 Å². The molecule has 1 aliphatic heterocycles. The Balaban J connectivity index is 1.54. The molecular weight excluding hydrogens is 666 g/mol. The van der Waals surface area contributed by atoms with Crippen molar-refractivity contribution in [1.29, 1.82) is 0 Å². The lowest BCUT2D eigenvalue weighted by Crippen LogP contribution is -2.41. The first kappa shape index (κ1) is 37.7. The molecule has 3 aromatic rings. The highest BCUT2D eigenvalue weighted by Gasteiger charge is 2.36. The van der Waals surface area contributed by atoms with Crippen LogP contribution in [0.3, 0.4) is 0 Å². The molecule has 13 heteroatoms. The van der Waals surface area contributed by atoms with Crippen molar-refractivity contribution < 1.29 is 32.3 Å². The molecule has 9 nitrogen and oxygen atoms in total. The van der Waals surface area contributed by atoms with Gasteiger partial charge in [0.1, 0.15) is 17.9 Å². The SMILES string of the molecule is Cc1cncc(C)c1-c1cc(C#CC2CC2)nc([C@H](CC(=O)O)NC(=O)[C@H](CC(C)C)n2cc(CCN3CC[C@@H](F)C3)c(C(F)(F)F)cc2=O)c1. The average Bonchev–Trinajstić information content (AvgIpc) is 3.79. The number of halogens is 4. The lowest BCUT2D eigenvalue weighted by molar-refractivity contribution is -0.139. The molecule has 51 heavy (non-hydrogen) atoms. The summed E-state index contributed by atoms with van der Waals surface area (Å²) < 4.78 is 57.2. The molecule has 272 valence electrons. The summed E-state index contributed by atoms with van der Waals surface area (Å²) in [6.45, 7) is 8.09. The third-order valence-corrected chi connectivity index (χ3v) is 9.21. The highest BCUT2D eigenvalue weighted by atomic mass is 19.4. The van der Waals surface area contributed by atoms with Gasteiger partial charge in [0.15, 0.2) is 0 Å². The van der Waals surface area contributed by atoms with Crippen molar-refractivity contribution in [3.8, 4) is 23.0 Å². The summed E-state index contributed by atoms with van der Waals surface area (Å²) in [7, 11) is 0. The van der Waals surface area contributed by atoms with Gasteiger partial charge in [0.2, 0.25) is 5.91 Å². The van der Waals surface area contributed by atoms with Gasteiger partial charge in [-0.05, 0) is 97.7 Å². The summed E-state index contributed by atoms with van der Waals surface area (Å²) in [5.74, 6) is 4.40. The molecule has 0 bridgehead atoms. The molecule has 1 aliphatic carbocycles. The number of carboxylic acids is 1. The van der Waals surface area contributed by atoms with Gasteiger partial charge in [-0.1, -0.05) is 19.8 Å². The Bertz CT molecular complexity index is 1870. The summed E-state index contributed by atoms with van der Waals surface area (Å²) in [6.07, 6.45) is 0.297. The number of aryl methyl sites for hydroxylation is 2. The number of rotatable bonds is 12. The number of aliphatic carboxylic acids is 1. The van der Waals surface area contributed by atoms with E-state index in [1.165, 1.54) is 0 Å². The minimum Gasteiger partial charge on any atom is -0.481 e. The topological polar surface area (TPSA) is 117 Å². The van der Waals surface area contributed by atoms with E-state index < -0.39 is 53.9 Å². The van der Waals surface area contributed by atoms with E-state index in [0.717, 1.165) is 40.3 Å². The number of hydrogen-bond donors (Lipinski definition) is 2. The summed E-state index contributed by atoms with van der Waals surface area (Å²) >= 11 is 0. The quantitative estimate of drug-likeness (QED) is 0.170. The van der Waals surface area contributed by atoms with Crippen molar-refractivity contribution in [2.24, 2.45) is 11.8 Å². The van der Waals surface area contributed by atoms with Gasteiger partial charge in [-0.3, -0.25) is 19.4 Å². The van der Waals surface area contributed by atoms with Crippen molar-refractivity contribution >= 4 is 11.9 Å². The standard InChI is InChI=1S/C38H43F4N5O4/c1-22(2)13-33(47-20-26(9-11-46-12-10-28(39)21-46)30(16-34(47)48)38(40,41)42)37(51)45-32(17-35(49)50)31-15-27(36-23(3)18-43-19-24(36)4)14-29(44-31)8-7-25-5-6-25/h14-16,18-20,22,25,28,32-33H,5-6,9-13,17,21H2,1-4H3,(H,45,51)(H,49,50)/t28-,32+,33+/m1/s1. The van der Waals surface area contributed by atoms with E-state index >= 15 is 0 Å². The van der Waals surface area contributed by atoms with E-state index in [1.807, 2.05) is 19.9 Å².